The van der Waals surface area contributed by atoms with Gasteiger partial charge in [0.05, 0.1) is 13.2 Å². The number of nitrogen functional groups attached to an aromatic ring is 1. The zero-order valence-electron chi connectivity index (χ0n) is 10.3. The Kier molecular flexibility index (Phi) is 3.20. The molecule has 0 saturated carbocycles. The lowest BCUT2D eigenvalue weighted by molar-refractivity contribution is 0.0371. The van der Waals surface area contributed by atoms with Crippen molar-refractivity contribution in [3.63, 3.8) is 0 Å². The van der Waals surface area contributed by atoms with Crippen LogP contribution in [0.5, 0.6) is 0 Å². The zero-order chi connectivity index (χ0) is 13.1. The number of hydrogen-bond acceptors (Lipinski definition) is 7. The predicted molar refractivity (Wildman–Crippen MR) is 69.4 cm³/mol. The molecule has 3 rings (SSSR count). The number of morpholine rings is 1. The lowest BCUT2D eigenvalue weighted by Gasteiger charge is -2.33. The smallest absolute Gasteiger partial charge is 0.147 e. The minimum absolute atomic E-state index is 0.183. The number of hydrogen-bond donors (Lipinski definition) is 1. The van der Waals surface area contributed by atoms with E-state index in [2.05, 4.69) is 24.8 Å². The van der Waals surface area contributed by atoms with Gasteiger partial charge >= 0.3 is 0 Å². The van der Waals surface area contributed by atoms with Crippen molar-refractivity contribution in [2.45, 2.75) is 6.10 Å². The fourth-order valence-corrected chi connectivity index (χ4v) is 2.10. The SMILES string of the molecule is Nc1nccnc1[C@H]1CN(c2ccncn2)CCO1. The van der Waals surface area contributed by atoms with Gasteiger partial charge in [-0.15, -0.1) is 0 Å². The summed E-state index contributed by atoms with van der Waals surface area (Å²) in [5.41, 5.74) is 6.52. The molecule has 3 heterocycles. The molecule has 1 aliphatic heterocycles. The van der Waals surface area contributed by atoms with Crippen LogP contribution in [0.3, 0.4) is 0 Å². The summed E-state index contributed by atoms with van der Waals surface area (Å²) in [6.45, 7) is 2.04. The molecule has 19 heavy (non-hydrogen) atoms. The van der Waals surface area contributed by atoms with Crippen LogP contribution in [0.15, 0.2) is 31.0 Å². The van der Waals surface area contributed by atoms with E-state index in [0.717, 1.165) is 12.4 Å². The van der Waals surface area contributed by atoms with Gasteiger partial charge in [0.1, 0.15) is 29.8 Å². The van der Waals surface area contributed by atoms with Crippen LogP contribution < -0.4 is 10.6 Å². The monoisotopic (exact) mass is 258 g/mol. The first-order valence-corrected chi connectivity index (χ1v) is 6.03. The third kappa shape index (κ3) is 2.45. The van der Waals surface area contributed by atoms with Crippen molar-refractivity contribution in [1.29, 1.82) is 0 Å². The summed E-state index contributed by atoms with van der Waals surface area (Å²) >= 11 is 0. The average molecular weight is 258 g/mol. The summed E-state index contributed by atoms with van der Waals surface area (Å²) in [4.78, 5) is 18.6. The van der Waals surface area contributed by atoms with Gasteiger partial charge in [-0.2, -0.15) is 0 Å². The van der Waals surface area contributed by atoms with E-state index in [0.29, 0.717) is 24.7 Å². The van der Waals surface area contributed by atoms with Crippen molar-refractivity contribution in [3.05, 3.63) is 36.7 Å². The second-order valence-corrected chi connectivity index (χ2v) is 4.20. The molecule has 0 unspecified atom stereocenters. The van der Waals surface area contributed by atoms with Gasteiger partial charge in [0, 0.05) is 25.1 Å². The standard InChI is InChI=1S/C12H14N6O/c13-12-11(15-3-4-16-12)9-7-18(5-6-19-9)10-1-2-14-8-17-10/h1-4,8-9H,5-7H2,(H2,13,16)/t9-/m1/s1. The number of aromatic nitrogens is 4. The summed E-state index contributed by atoms with van der Waals surface area (Å²) in [6.07, 6.45) is 6.28. The molecule has 2 aromatic rings. The molecule has 7 nitrogen and oxygen atoms in total. The van der Waals surface area contributed by atoms with Gasteiger partial charge in [0.25, 0.3) is 0 Å². The van der Waals surface area contributed by atoms with Crippen LogP contribution in [0.2, 0.25) is 0 Å². The van der Waals surface area contributed by atoms with Crippen LogP contribution in [0.25, 0.3) is 0 Å². The Hall–Kier alpha value is -2.28. The molecular weight excluding hydrogens is 244 g/mol. The average Bonchev–Trinajstić information content (AvgIpc) is 2.49. The van der Waals surface area contributed by atoms with Gasteiger partial charge in [-0.05, 0) is 6.07 Å². The largest absolute Gasteiger partial charge is 0.382 e. The summed E-state index contributed by atoms with van der Waals surface area (Å²) in [6, 6.07) is 1.88. The topological polar surface area (TPSA) is 90.1 Å². The van der Waals surface area contributed by atoms with Gasteiger partial charge in [0.2, 0.25) is 0 Å². The quantitative estimate of drug-likeness (QED) is 0.835. The van der Waals surface area contributed by atoms with E-state index in [4.69, 9.17) is 10.5 Å². The highest BCUT2D eigenvalue weighted by molar-refractivity contribution is 5.40. The Morgan fingerprint density at radius 3 is 2.89 bits per heavy atom. The van der Waals surface area contributed by atoms with Crippen molar-refractivity contribution in [1.82, 2.24) is 19.9 Å². The lowest BCUT2D eigenvalue weighted by atomic mass is 10.2. The van der Waals surface area contributed by atoms with Crippen molar-refractivity contribution in [3.8, 4) is 0 Å². The number of ether oxygens (including phenoxy) is 1. The minimum Gasteiger partial charge on any atom is -0.382 e. The third-order valence-electron chi connectivity index (χ3n) is 3.02. The maximum absolute atomic E-state index is 5.84. The van der Waals surface area contributed by atoms with E-state index in [1.165, 1.54) is 6.33 Å². The molecule has 1 atom stereocenters. The van der Waals surface area contributed by atoms with Crippen molar-refractivity contribution in [2.75, 3.05) is 30.3 Å². The molecule has 0 aromatic carbocycles. The molecule has 0 amide bonds. The number of anilines is 2. The Morgan fingerprint density at radius 2 is 2.11 bits per heavy atom. The van der Waals surface area contributed by atoms with Crippen LogP contribution in [0.1, 0.15) is 11.8 Å². The maximum Gasteiger partial charge on any atom is 0.147 e. The second-order valence-electron chi connectivity index (χ2n) is 4.20. The highest BCUT2D eigenvalue weighted by Gasteiger charge is 2.25. The van der Waals surface area contributed by atoms with Crippen LogP contribution in [-0.4, -0.2) is 39.6 Å². The molecule has 2 aromatic heterocycles. The highest BCUT2D eigenvalue weighted by atomic mass is 16.5. The summed E-state index contributed by atoms with van der Waals surface area (Å²) in [5, 5.41) is 0. The second kappa shape index (κ2) is 5.15. The summed E-state index contributed by atoms with van der Waals surface area (Å²) in [5.74, 6) is 1.29. The molecule has 1 fully saturated rings. The lowest BCUT2D eigenvalue weighted by Crippen LogP contribution is -2.39. The molecule has 2 N–H and O–H groups in total. The van der Waals surface area contributed by atoms with Gasteiger partial charge in [-0.1, -0.05) is 0 Å². The number of nitrogens with two attached hydrogens (primary N) is 1. The molecule has 0 bridgehead atoms. The molecule has 1 saturated heterocycles. The Bertz CT molecular complexity index is 549. The van der Waals surface area contributed by atoms with Crippen molar-refractivity contribution < 1.29 is 4.74 Å². The fourth-order valence-electron chi connectivity index (χ4n) is 2.10. The normalized spacial score (nSPS) is 19.4. The summed E-state index contributed by atoms with van der Waals surface area (Å²) in [7, 11) is 0. The first-order chi connectivity index (χ1) is 9.34. The maximum atomic E-state index is 5.84. The van der Waals surface area contributed by atoms with Gasteiger partial charge in [-0.25, -0.2) is 15.0 Å². The van der Waals surface area contributed by atoms with Crippen molar-refractivity contribution in [2.24, 2.45) is 0 Å². The molecule has 0 spiro atoms. The molecular formula is C12H14N6O. The Labute approximate surface area is 110 Å². The summed E-state index contributed by atoms with van der Waals surface area (Å²) < 4.78 is 5.73. The van der Waals surface area contributed by atoms with Gasteiger partial charge in [0.15, 0.2) is 0 Å². The van der Waals surface area contributed by atoms with E-state index in [1.54, 1.807) is 18.6 Å². The van der Waals surface area contributed by atoms with E-state index in [1.807, 2.05) is 6.07 Å². The molecule has 0 aliphatic carbocycles. The van der Waals surface area contributed by atoms with Gasteiger partial charge in [-0.3, -0.25) is 4.98 Å². The van der Waals surface area contributed by atoms with Crippen LogP contribution in [-0.2, 0) is 4.74 Å². The van der Waals surface area contributed by atoms with Gasteiger partial charge < -0.3 is 15.4 Å². The van der Waals surface area contributed by atoms with E-state index >= 15 is 0 Å². The fraction of sp³-hybridized carbons (Fsp3) is 0.333. The number of rotatable bonds is 2. The molecule has 0 radical (unpaired) electrons. The van der Waals surface area contributed by atoms with Crippen molar-refractivity contribution >= 4 is 11.6 Å². The molecule has 1 aliphatic rings. The van der Waals surface area contributed by atoms with E-state index in [-0.39, 0.29) is 6.10 Å². The zero-order valence-corrected chi connectivity index (χ0v) is 10.3. The predicted octanol–water partition coefficient (Wildman–Crippen LogP) is 0.427. The molecule has 98 valence electrons. The first kappa shape index (κ1) is 11.8. The third-order valence-corrected chi connectivity index (χ3v) is 3.02. The van der Waals surface area contributed by atoms with Crippen LogP contribution in [0.4, 0.5) is 11.6 Å². The van der Waals surface area contributed by atoms with E-state index in [9.17, 15) is 0 Å². The van der Waals surface area contributed by atoms with E-state index < -0.39 is 0 Å². The molecule has 7 heteroatoms. The first-order valence-electron chi connectivity index (χ1n) is 6.03. The number of nitrogens with zero attached hydrogens (tertiary/aromatic N) is 5. The minimum atomic E-state index is -0.183. The van der Waals surface area contributed by atoms with Crippen LogP contribution in [0, 0.1) is 0 Å². The Balaban J connectivity index is 1.81. The Morgan fingerprint density at radius 1 is 1.21 bits per heavy atom. The van der Waals surface area contributed by atoms with Crippen LogP contribution >= 0.6 is 0 Å². The highest BCUT2D eigenvalue weighted by Crippen LogP contribution is 2.25.